The summed E-state index contributed by atoms with van der Waals surface area (Å²) in [6, 6.07) is 7.48. The van der Waals surface area contributed by atoms with Crippen molar-refractivity contribution in [1.29, 1.82) is 5.26 Å². The normalized spacial score (nSPS) is 18.7. The molecule has 3 N–H and O–H groups in total. The highest BCUT2D eigenvalue weighted by molar-refractivity contribution is 5.79. The summed E-state index contributed by atoms with van der Waals surface area (Å²) in [5, 5.41) is 11.6. The summed E-state index contributed by atoms with van der Waals surface area (Å²) in [6.45, 7) is 1.61. The molecule has 1 atom stereocenters. The number of benzene rings is 1. The van der Waals surface area contributed by atoms with E-state index in [1.165, 1.54) is 0 Å². The third-order valence-electron chi connectivity index (χ3n) is 3.56. The standard InChI is InChI=1S/C14H18N4O/c1-17-14(19)11-3-2-6-18(9-11)12-5-4-10(8-15)13(16)7-12/h4-5,7,11H,2-3,6,9,16H2,1H3,(H,17,19). The Balaban J connectivity index is 2.16. The number of hydrogen-bond donors (Lipinski definition) is 2. The summed E-state index contributed by atoms with van der Waals surface area (Å²) >= 11 is 0. The fourth-order valence-electron chi connectivity index (χ4n) is 2.48. The Bertz CT molecular complexity index is 521. The van der Waals surface area contributed by atoms with Gasteiger partial charge in [-0.2, -0.15) is 5.26 Å². The molecule has 1 saturated heterocycles. The third-order valence-corrected chi connectivity index (χ3v) is 3.56. The zero-order chi connectivity index (χ0) is 13.8. The van der Waals surface area contributed by atoms with Crippen molar-refractivity contribution in [3.8, 4) is 6.07 Å². The summed E-state index contributed by atoms with van der Waals surface area (Å²) in [5.74, 6) is 0.113. The van der Waals surface area contributed by atoms with Crippen LogP contribution >= 0.6 is 0 Å². The first kappa shape index (κ1) is 13.2. The van der Waals surface area contributed by atoms with Crippen molar-refractivity contribution in [3.63, 3.8) is 0 Å². The number of nitrogens with zero attached hydrogens (tertiary/aromatic N) is 2. The third kappa shape index (κ3) is 2.79. The highest BCUT2D eigenvalue weighted by atomic mass is 16.1. The molecule has 1 aromatic carbocycles. The van der Waals surface area contributed by atoms with Gasteiger partial charge in [0.25, 0.3) is 0 Å². The molecule has 1 aromatic rings. The predicted octanol–water partition coefficient (Wildman–Crippen LogP) is 1.10. The Morgan fingerprint density at radius 3 is 3.00 bits per heavy atom. The Hall–Kier alpha value is -2.22. The van der Waals surface area contributed by atoms with Crippen molar-refractivity contribution < 1.29 is 4.79 Å². The van der Waals surface area contributed by atoms with E-state index in [4.69, 9.17) is 11.0 Å². The lowest BCUT2D eigenvalue weighted by molar-refractivity contribution is -0.124. The molecule has 19 heavy (non-hydrogen) atoms. The van der Waals surface area contributed by atoms with E-state index in [0.717, 1.165) is 25.1 Å². The highest BCUT2D eigenvalue weighted by Crippen LogP contribution is 2.26. The van der Waals surface area contributed by atoms with Gasteiger partial charge in [-0.25, -0.2) is 0 Å². The molecule has 1 aliphatic rings. The molecule has 1 aliphatic heterocycles. The van der Waals surface area contributed by atoms with Crippen LogP contribution in [0, 0.1) is 17.2 Å². The molecule has 1 unspecified atom stereocenters. The van der Waals surface area contributed by atoms with Gasteiger partial charge in [0.05, 0.1) is 17.2 Å². The number of nitrogens with two attached hydrogens (primary N) is 1. The molecular formula is C14H18N4O. The van der Waals surface area contributed by atoms with Crippen molar-refractivity contribution in [1.82, 2.24) is 5.32 Å². The number of nitrogens with one attached hydrogen (secondary N) is 1. The van der Waals surface area contributed by atoms with Crippen LogP contribution < -0.4 is 16.0 Å². The number of amides is 1. The number of nitriles is 1. The summed E-state index contributed by atoms with van der Waals surface area (Å²) in [4.78, 5) is 13.9. The molecule has 1 fully saturated rings. The van der Waals surface area contributed by atoms with Crippen molar-refractivity contribution in [2.45, 2.75) is 12.8 Å². The maximum Gasteiger partial charge on any atom is 0.224 e. The highest BCUT2D eigenvalue weighted by Gasteiger charge is 2.25. The van der Waals surface area contributed by atoms with Crippen LogP contribution in [0.1, 0.15) is 18.4 Å². The molecule has 0 radical (unpaired) electrons. The lowest BCUT2D eigenvalue weighted by atomic mass is 9.96. The lowest BCUT2D eigenvalue weighted by Gasteiger charge is -2.33. The van der Waals surface area contributed by atoms with Gasteiger partial charge in [0, 0.05) is 25.8 Å². The van der Waals surface area contributed by atoms with Gasteiger partial charge in [0.2, 0.25) is 5.91 Å². The van der Waals surface area contributed by atoms with Crippen LogP contribution in [0.5, 0.6) is 0 Å². The van der Waals surface area contributed by atoms with E-state index in [-0.39, 0.29) is 11.8 Å². The minimum Gasteiger partial charge on any atom is -0.398 e. The van der Waals surface area contributed by atoms with Gasteiger partial charge < -0.3 is 16.0 Å². The number of carbonyl (C=O) groups is 1. The molecular weight excluding hydrogens is 240 g/mol. The zero-order valence-electron chi connectivity index (χ0n) is 11.0. The van der Waals surface area contributed by atoms with E-state index in [9.17, 15) is 4.79 Å². The van der Waals surface area contributed by atoms with E-state index >= 15 is 0 Å². The first-order chi connectivity index (χ1) is 9.15. The molecule has 5 heteroatoms. The van der Waals surface area contributed by atoms with Gasteiger partial charge in [0.15, 0.2) is 0 Å². The quantitative estimate of drug-likeness (QED) is 0.778. The summed E-state index contributed by atoms with van der Waals surface area (Å²) in [5.41, 5.74) is 7.79. The minimum atomic E-state index is 0.0237. The molecule has 1 amide bonds. The number of rotatable bonds is 2. The van der Waals surface area contributed by atoms with Crippen LogP contribution in [-0.2, 0) is 4.79 Å². The molecule has 5 nitrogen and oxygen atoms in total. The molecule has 0 bridgehead atoms. The fraction of sp³-hybridized carbons (Fsp3) is 0.429. The first-order valence-electron chi connectivity index (χ1n) is 6.42. The molecule has 0 aromatic heterocycles. The zero-order valence-corrected chi connectivity index (χ0v) is 11.0. The van der Waals surface area contributed by atoms with E-state index in [2.05, 4.69) is 16.3 Å². The Labute approximate surface area is 113 Å². The summed E-state index contributed by atoms with van der Waals surface area (Å²) in [7, 11) is 1.67. The number of carbonyl (C=O) groups excluding carboxylic acids is 1. The van der Waals surface area contributed by atoms with Gasteiger partial charge in [-0.1, -0.05) is 0 Å². The Morgan fingerprint density at radius 1 is 1.58 bits per heavy atom. The van der Waals surface area contributed by atoms with E-state index in [1.807, 2.05) is 12.1 Å². The van der Waals surface area contributed by atoms with Crippen molar-refractivity contribution in [3.05, 3.63) is 23.8 Å². The smallest absolute Gasteiger partial charge is 0.224 e. The topological polar surface area (TPSA) is 82.2 Å². The molecule has 0 saturated carbocycles. The average Bonchev–Trinajstić information content (AvgIpc) is 2.46. The van der Waals surface area contributed by atoms with Crippen LogP contribution in [0.15, 0.2) is 18.2 Å². The number of anilines is 2. The molecule has 0 aliphatic carbocycles. The minimum absolute atomic E-state index is 0.0237. The van der Waals surface area contributed by atoms with Gasteiger partial charge in [-0.05, 0) is 31.0 Å². The van der Waals surface area contributed by atoms with Gasteiger partial charge in [-0.3, -0.25) is 4.79 Å². The first-order valence-corrected chi connectivity index (χ1v) is 6.42. The Morgan fingerprint density at radius 2 is 2.37 bits per heavy atom. The van der Waals surface area contributed by atoms with Crippen LogP contribution in [-0.4, -0.2) is 26.0 Å². The second-order valence-electron chi connectivity index (χ2n) is 4.78. The van der Waals surface area contributed by atoms with E-state index in [1.54, 1.807) is 13.1 Å². The van der Waals surface area contributed by atoms with Crippen LogP contribution in [0.3, 0.4) is 0 Å². The summed E-state index contributed by atoms with van der Waals surface area (Å²) < 4.78 is 0. The number of piperidine rings is 1. The van der Waals surface area contributed by atoms with Crippen LogP contribution in [0.4, 0.5) is 11.4 Å². The van der Waals surface area contributed by atoms with Crippen molar-refractivity contribution >= 4 is 17.3 Å². The predicted molar refractivity (Wildman–Crippen MR) is 74.6 cm³/mol. The van der Waals surface area contributed by atoms with Crippen LogP contribution in [0.25, 0.3) is 0 Å². The number of hydrogen-bond acceptors (Lipinski definition) is 4. The van der Waals surface area contributed by atoms with Crippen molar-refractivity contribution in [2.75, 3.05) is 30.8 Å². The lowest BCUT2D eigenvalue weighted by Crippen LogP contribution is -2.42. The SMILES string of the molecule is CNC(=O)C1CCCN(c2ccc(C#N)c(N)c2)C1. The van der Waals surface area contributed by atoms with E-state index < -0.39 is 0 Å². The maximum absolute atomic E-state index is 11.7. The van der Waals surface area contributed by atoms with Gasteiger partial charge >= 0.3 is 0 Å². The van der Waals surface area contributed by atoms with Crippen LogP contribution in [0.2, 0.25) is 0 Å². The second-order valence-corrected chi connectivity index (χ2v) is 4.78. The molecule has 1 heterocycles. The fourth-order valence-corrected chi connectivity index (χ4v) is 2.48. The Kier molecular flexibility index (Phi) is 3.91. The molecule has 2 rings (SSSR count). The van der Waals surface area contributed by atoms with E-state index in [0.29, 0.717) is 17.8 Å². The second kappa shape index (κ2) is 5.61. The maximum atomic E-state index is 11.7. The van der Waals surface area contributed by atoms with Gasteiger partial charge in [0.1, 0.15) is 6.07 Å². The average molecular weight is 258 g/mol. The van der Waals surface area contributed by atoms with Gasteiger partial charge in [-0.15, -0.1) is 0 Å². The number of nitrogen functional groups attached to an aromatic ring is 1. The monoisotopic (exact) mass is 258 g/mol. The molecule has 0 spiro atoms. The summed E-state index contributed by atoms with van der Waals surface area (Å²) in [6.07, 6.45) is 1.90. The molecule has 100 valence electrons. The van der Waals surface area contributed by atoms with Crippen molar-refractivity contribution in [2.24, 2.45) is 5.92 Å². The largest absolute Gasteiger partial charge is 0.398 e.